The molecule has 2 aromatic carbocycles. The normalized spacial score (nSPS) is 19.7. The van der Waals surface area contributed by atoms with E-state index in [0.29, 0.717) is 52.6 Å². The lowest BCUT2D eigenvalue weighted by Gasteiger charge is -2.48. The van der Waals surface area contributed by atoms with E-state index in [1.807, 2.05) is 14.0 Å². The van der Waals surface area contributed by atoms with Gasteiger partial charge in [0.15, 0.2) is 29.7 Å². The molecule has 7 nitrogen and oxygen atoms in total. The van der Waals surface area contributed by atoms with E-state index in [4.69, 9.17) is 32.7 Å². The molecule has 0 fully saturated rings. The number of amides is 1. The summed E-state index contributed by atoms with van der Waals surface area (Å²) in [5.41, 5.74) is 3.99. The Morgan fingerprint density at radius 2 is 1.49 bits per heavy atom. The number of ether oxygens (including phenoxy) is 2. The molecule has 5 rings (SSSR count). The Hall–Kier alpha value is -3.29. The predicted octanol–water partition coefficient (Wildman–Crippen LogP) is 7.73. The van der Waals surface area contributed by atoms with E-state index in [-0.39, 0.29) is 39.8 Å². The Kier molecular flexibility index (Phi) is 8.45. The molecule has 0 spiro atoms. The number of benzene rings is 2. The molecule has 228 valence electrons. The van der Waals surface area contributed by atoms with Crippen molar-refractivity contribution in [2.75, 3.05) is 25.6 Å². The average molecular weight is 626 g/mol. The van der Waals surface area contributed by atoms with Gasteiger partial charge in [-0.2, -0.15) is 0 Å². The second kappa shape index (κ2) is 11.7. The van der Waals surface area contributed by atoms with E-state index >= 15 is 0 Å². The van der Waals surface area contributed by atoms with Crippen LogP contribution in [0.2, 0.25) is 10.0 Å². The van der Waals surface area contributed by atoms with Crippen LogP contribution in [-0.4, -0.2) is 42.6 Å². The third-order valence-electron chi connectivity index (χ3n) is 8.34. The van der Waals surface area contributed by atoms with Crippen molar-refractivity contribution in [1.82, 2.24) is 4.90 Å². The third-order valence-corrected chi connectivity index (χ3v) is 8.95. The molecule has 2 aromatic rings. The minimum absolute atomic E-state index is 0.0398. The van der Waals surface area contributed by atoms with E-state index in [1.54, 1.807) is 36.4 Å². The van der Waals surface area contributed by atoms with Crippen molar-refractivity contribution in [2.24, 2.45) is 10.8 Å². The molecule has 0 radical (unpaired) electrons. The lowest BCUT2D eigenvalue weighted by Crippen LogP contribution is -2.43. The van der Waals surface area contributed by atoms with Gasteiger partial charge in [-0.1, -0.05) is 63.0 Å². The van der Waals surface area contributed by atoms with Crippen LogP contribution in [0.1, 0.15) is 71.8 Å². The lowest BCUT2D eigenvalue weighted by molar-refractivity contribution is -0.120. The van der Waals surface area contributed by atoms with Gasteiger partial charge in [-0.25, -0.2) is 0 Å². The van der Waals surface area contributed by atoms with Crippen molar-refractivity contribution in [3.8, 4) is 11.5 Å². The third kappa shape index (κ3) is 6.20. The first-order chi connectivity index (χ1) is 20.2. The van der Waals surface area contributed by atoms with Gasteiger partial charge in [0.05, 0.1) is 22.3 Å². The van der Waals surface area contributed by atoms with Crippen molar-refractivity contribution < 1.29 is 23.9 Å². The number of Topliss-reactive ketones (excluding diaryl/α,β-unsaturated/α-hetero) is 2. The molecule has 2 aliphatic carbocycles. The first-order valence-corrected chi connectivity index (χ1v) is 15.4. The van der Waals surface area contributed by atoms with Crippen LogP contribution in [0.5, 0.6) is 11.5 Å². The number of allylic oxidation sites excluding steroid dienone is 4. The number of nitrogens with zero attached hydrogens (tertiary/aromatic N) is 1. The van der Waals surface area contributed by atoms with Gasteiger partial charge >= 0.3 is 0 Å². The minimum Gasteiger partial charge on any atom is -0.490 e. The van der Waals surface area contributed by atoms with E-state index in [1.165, 1.54) is 0 Å². The zero-order chi connectivity index (χ0) is 31.3. The maximum Gasteiger partial charge on any atom is 0.262 e. The molecule has 43 heavy (non-hydrogen) atoms. The lowest BCUT2D eigenvalue weighted by atomic mass is 9.63. The summed E-state index contributed by atoms with van der Waals surface area (Å²) in [6.45, 7) is 10.3. The summed E-state index contributed by atoms with van der Waals surface area (Å²) in [4.78, 5) is 42.5. The van der Waals surface area contributed by atoms with Gasteiger partial charge in [-0.15, -0.1) is 0 Å². The zero-order valence-electron chi connectivity index (χ0n) is 25.5. The van der Waals surface area contributed by atoms with Crippen LogP contribution in [0.15, 0.2) is 58.9 Å². The number of hydrogen-bond acceptors (Lipinski definition) is 6. The topological polar surface area (TPSA) is 84.9 Å². The number of rotatable bonds is 7. The molecule has 0 unspecified atom stereocenters. The Morgan fingerprint density at radius 1 is 0.907 bits per heavy atom. The van der Waals surface area contributed by atoms with Crippen molar-refractivity contribution in [1.29, 1.82) is 0 Å². The first kappa shape index (κ1) is 31.1. The molecule has 0 bridgehead atoms. The number of halogens is 2. The molecule has 3 aliphatic rings. The van der Waals surface area contributed by atoms with Crippen LogP contribution < -0.4 is 14.8 Å². The first-order valence-electron chi connectivity index (χ1n) is 14.6. The Balaban J connectivity index is 1.55. The number of para-hydroxylation sites is 1. The van der Waals surface area contributed by atoms with Crippen molar-refractivity contribution in [3.63, 3.8) is 0 Å². The molecule has 1 heterocycles. The van der Waals surface area contributed by atoms with E-state index < -0.39 is 11.8 Å². The van der Waals surface area contributed by atoms with Gasteiger partial charge in [0.2, 0.25) is 0 Å². The molecule has 0 atom stereocenters. The smallest absolute Gasteiger partial charge is 0.262 e. The number of carbonyl (C=O) groups excluding carboxylic acids is 3. The van der Waals surface area contributed by atoms with Crippen molar-refractivity contribution in [3.05, 3.63) is 74.5 Å². The highest BCUT2D eigenvalue weighted by Crippen LogP contribution is 2.55. The quantitative estimate of drug-likeness (QED) is 0.339. The molecule has 0 saturated heterocycles. The Labute approximate surface area is 263 Å². The van der Waals surface area contributed by atoms with Crippen LogP contribution in [0.25, 0.3) is 0 Å². The maximum absolute atomic E-state index is 13.8. The zero-order valence-corrected chi connectivity index (χ0v) is 27.0. The molecule has 1 aliphatic heterocycles. The van der Waals surface area contributed by atoms with Crippen LogP contribution >= 0.6 is 23.2 Å². The molecule has 9 heteroatoms. The summed E-state index contributed by atoms with van der Waals surface area (Å²) < 4.78 is 11.8. The summed E-state index contributed by atoms with van der Waals surface area (Å²) in [6.07, 6.45) is 2.24. The second-order valence-electron chi connectivity index (χ2n) is 13.2. The minimum atomic E-state index is -0.567. The van der Waals surface area contributed by atoms with Crippen LogP contribution in [0.4, 0.5) is 5.69 Å². The fourth-order valence-corrected chi connectivity index (χ4v) is 7.00. The van der Waals surface area contributed by atoms with Crippen LogP contribution in [-0.2, 0) is 14.4 Å². The van der Waals surface area contributed by atoms with Gasteiger partial charge < -0.3 is 19.7 Å². The molecule has 0 saturated carbocycles. The van der Waals surface area contributed by atoms with E-state index in [2.05, 4.69) is 37.9 Å². The molecule has 1 N–H and O–H groups in total. The fourth-order valence-electron chi connectivity index (χ4n) is 6.54. The Bertz CT molecular complexity index is 1520. The van der Waals surface area contributed by atoms with Crippen LogP contribution in [0.3, 0.4) is 0 Å². The van der Waals surface area contributed by atoms with Gasteiger partial charge in [0.1, 0.15) is 0 Å². The summed E-state index contributed by atoms with van der Waals surface area (Å²) in [6, 6.07) is 10.4. The SMILES string of the molecule is CCOc1cc(C2C3=C(CC(C)(C)CC3=O)N(C)C3=C2C(=O)CC(C)(C)C3)cc(Cl)c1OCC(=O)Nc1ccccc1Cl. The molecular formula is C34H38Cl2N2O5. The van der Waals surface area contributed by atoms with Gasteiger partial charge in [-0.05, 0) is 60.4 Å². The van der Waals surface area contributed by atoms with Crippen molar-refractivity contribution in [2.45, 2.75) is 66.2 Å². The summed E-state index contributed by atoms with van der Waals surface area (Å²) in [5.74, 6) is -0.351. The van der Waals surface area contributed by atoms with Gasteiger partial charge in [0, 0.05) is 48.3 Å². The second-order valence-corrected chi connectivity index (χ2v) is 14.0. The number of carbonyl (C=O) groups is 3. The van der Waals surface area contributed by atoms with Crippen LogP contribution in [0, 0.1) is 10.8 Å². The standard InChI is InChI=1S/C34H38Cl2N2O5/c1-7-42-27-13-19(12-21(36)32(27)43-18-28(41)37-22-11-9-8-10-20(22)35)29-30-23(14-33(2,3)16-25(30)39)38(6)24-15-34(4,5)17-26(40)31(24)29/h8-13,29H,7,14-18H2,1-6H3,(H,37,41). The molecule has 0 aromatic heterocycles. The highest BCUT2D eigenvalue weighted by Gasteiger charge is 2.48. The largest absolute Gasteiger partial charge is 0.490 e. The monoisotopic (exact) mass is 624 g/mol. The van der Waals surface area contributed by atoms with Crippen molar-refractivity contribution >= 4 is 46.4 Å². The van der Waals surface area contributed by atoms with E-state index in [0.717, 1.165) is 24.2 Å². The highest BCUT2D eigenvalue weighted by molar-refractivity contribution is 6.33. The number of hydrogen-bond donors (Lipinski definition) is 1. The highest BCUT2D eigenvalue weighted by atomic mass is 35.5. The summed E-state index contributed by atoms with van der Waals surface area (Å²) in [5, 5.41) is 3.37. The Morgan fingerprint density at radius 3 is 2.05 bits per heavy atom. The van der Waals surface area contributed by atoms with E-state index in [9.17, 15) is 14.4 Å². The number of nitrogens with one attached hydrogen (secondary N) is 1. The van der Waals surface area contributed by atoms with Gasteiger partial charge in [0.25, 0.3) is 5.91 Å². The maximum atomic E-state index is 13.8. The summed E-state index contributed by atoms with van der Waals surface area (Å²) in [7, 11) is 1.98. The molecule has 1 amide bonds. The fraction of sp³-hybridized carbons (Fsp3) is 0.441. The predicted molar refractivity (Wildman–Crippen MR) is 169 cm³/mol. The number of anilines is 1. The summed E-state index contributed by atoms with van der Waals surface area (Å²) >= 11 is 13.0. The number of ketones is 2. The van der Waals surface area contributed by atoms with Gasteiger partial charge in [-0.3, -0.25) is 14.4 Å². The molecular weight excluding hydrogens is 587 g/mol. The average Bonchev–Trinajstić information content (AvgIpc) is 2.89.